The third-order valence-corrected chi connectivity index (χ3v) is 7.43. The van der Waals surface area contributed by atoms with E-state index in [9.17, 15) is 13.5 Å². The van der Waals surface area contributed by atoms with Crippen LogP contribution >= 0.6 is 0 Å². The zero-order valence-corrected chi connectivity index (χ0v) is 19.7. The van der Waals surface area contributed by atoms with E-state index in [2.05, 4.69) is 4.90 Å². The van der Waals surface area contributed by atoms with Gasteiger partial charge in [0.1, 0.15) is 18.1 Å². The fraction of sp³-hybridized carbons (Fsp3) is 0.308. The van der Waals surface area contributed by atoms with Crippen molar-refractivity contribution in [3.05, 3.63) is 83.9 Å². The monoisotopic (exact) mass is 466 g/mol. The standard InChI is InChI=1S/C26H30N2O4S/c1-21-9-14-26(29)25(19-21)28(33(30,31)20-22-7-3-2-4-8-22)23-10-12-24(13-11-23)32-18-17-27-15-5-6-16-27/h2-4,7-14,19,29H,5-6,15-18,20H2,1H3. The molecule has 4 rings (SSSR count). The highest BCUT2D eigenvalue weighted by atomic mass is 32.2. The van der Waals surface area contributed by atoms with Crippen molar-refractivity contribution >= 4 is 21.4 Å². The van der Waals surface area contributed by atoms with Gasteiger partial charge >= 0.3 is 0 Å². The van der Waals surface area contributed by atoms with Crippen LogP contribution in [0.5, 0.6) is 11.5 Å². The van der Waals surface area contributed by atoms with Crippen molar-refractivity contribution in [3.63, 3.8) is 0 Å². The predicted octanol–water partition coefficient (Wildman–Crippen LogP) is 4.84. The van der Waals surface area contributed by atoms with Gasteiger partial charge in [0.05, 0.1) is 17.1 Å². The molecule has 6 nitrogen and oxygen atoms in total. The van der Waals surface area contributed by atoms with Gasteiger partial charge < -0.3 is 9.84 Å². The number of hydrogen-bond donors (Lipinski definition) is 1. The van der Waals surface area contributed by atoms with Crippen LogP contribution in [0, 0.1) is 6.92 Å². The largest absolute Gasteiger partial charge is 0.506 e. The highest BCUT2D eigenvalue weighted by molar-refractivity contribution is 7.92. The Kier molecular flexibility index (Phi) is 7.20. The van der Waals surface area contributed by atoms with Crippen LogP contribution in [0.25, 0.3) is 0 Å². The average Bonchev–Trinajstić information content (AvgIpc) is 3.31. The van der Waals surface area contributed by atoms with Gasteiger partial charge in [0.25, 0.3) is 0 Å². The second-order valence-electron chi connectivity index (χ2n) is 8.39. The molecule has 0 aromatic heterocycles. The minimum Gasteiger partial charge on any atom is -0.506 e. The SMILES string of the molecule is Cc1ccc(O)c(N(c2ccc(OCCN3CCCC3)cc2)S(=O)(=O)Cc2ccccc2)c1. The van der Waals surface area contributed by atoms with Crippen molar-refractivity contribution in [3.8, 4) is 11.5 Å². The summed E-state index contributed by atoms with van der Waals surface area (Å²) >= 11 is 0. The molecule has 0 aliphatic carbocycles. The summed E-state index contributed by atoms with van der Waals surface area (Å²) in [6.07, 6.45) is 2.49. The molecule has 174 valence electrons. The summed E-state index contributed by atoms with van der Waals surface area (Å²) in [5.74, 6) is 0.407. The molecular weight excluding hydrogens is 436 g/mol. The lowest BCUT2D eigenvalue weighted by Crippen LogP contribution is -2.28. The van der Waals surface area contributed by atoms with Gasteiger partial charge in [0.15, 0.2) is 0 Å². The normalized spacial score (nSPS) is 14.3. The van der Waals surface area contributed by atoms with E-state index >= 15 is 0 Å². The number of phenolic OH excluding ortho intramolecular Hbond substituents is 1. The number of rotatable bonds is 9. The number of aryl methyl sites for hydroxylation is 1. The molecule has 1 aliphatic rings. The topological polar surface area (TPSA) is 70.1 Å². The Morgan fingerprint density at radius 2 is 1.67 bits per heavy atom. The van der Waals surface area contributed by atoms with Crippen LogP contribution in [0.3, 0.4) is 0 Å². The van der Waals surface area contributed by atoms with Crippen LogP contribution in [0.4, 0.5) is 11.4 Å². The maximum Gasteiger partial charge on any atom is 0.243 e. The van der Waals surface area contributed by atoms with Gasteiger partial charge in [-0.25, -0.2) is 12.7 Å². The molecule has 0 radical (unpaired) electrons. The molecule has 0 amide bonds. The maximum absolute atomic E-state index is 13.5. The van der Waals surface area contributed by atoms with Crippen LogP contribution in [0.2, 0.25) is 0 Å². The summed E-state index contributed by atoms with van der Waals surface area (Å²) in [5.41, 5.74) is 2.20. The molecule has 7 heteroatoms. The fourth-order valence-corrected chi connectivity index (χ4v) is 5.70. The van der Waals surface area contributed by atoms with E-state index < -0.39 is 10.0 Å². The highest BCUT2D eigenvalue weighted by Crippen LogP contribution is 2.38. The third kappa shape index (κ3) is 5.86. The quantitative estimate of drug-likeness (QED) is 0.489. The molecule has 0 spiro atoms. The molecule has 3 aromatic rings. The van der Waals surface area contributed by atoms with Crippen molar-refractivity contribution in [1.29, 1.82) is 0 Å². The van der Waals surface area contributed by atoms with Crippen molar-refractivity contribution in [2.75, 3.05) is 30.5 Å². The first kappa shape index (κ1) is 23.1. The summed E-state index contributed by atoms with van der Waals surface area (Å²) in [5, 5.41) is 10.5. The third-order valence-electron chi connectivity index (χ3n) is 5.77. The lowest BCUT2D eigenvalue weighted by molar-refractivity contribution is 0.238. The van der Waals surface area contributed by atoms with Crippen LogP contribution in [0.15, 0.2) is 72.8 Å². The molecule has 1 saturated heterocycles. The lowest BCUT2D eigenvalue weighted by Gasteiger charge is -2.26. The number of benzene rings is 3. The van der Waals surface area contributed by atoms with Gasteiger partial charge in [-0.2, -0.15) is 0 Å². The van der Waals surface area contributed by atoms with Gasteiger partial charge in [0, 0.05) is 6.54 Å². The second kappa shape index (κ2) is 10.3. The fourth-order valence-electron chi connectivity index (χ4n) is 4.07. The van der Waals surface area contributed by atoms with Crippen LogP contribution in [-0.4, -0.2) is 44.7 Å². The van der Waals surface area contributed by atoms with Gasteiger partial charge in [-0.3, -0.25) is 4.90 Å². The van der Waals surface area contributed by atoms with E-state index in [1.807, 2.05) is 25.1 Å². The first-order valence-electron chi connectivity index (χ1n) is 11.2. The number of phenols is 1. The smallest absolute Gasteiger partial charge is 0.243 e. The Balaban J connectivity index is 1.59. The van der Waals surface area contributed by atoms with E-state index in [0.717, 1.165) is 25.2 Å². The number of likely N-dealkylation sites (tertiary alicyclic amines) is 1. The Bertz CT molecular complexity index is 1160. The van der Waals surface area contributed by atoms with Crippen molar-refractivity contribution in [1.82, 2.24) is 4.90 Å². The van der Waals surface area contributed by atoms with E-state index in [0.29, 0.717) is 23.6 Å². The molecule has 0 unspecified atom stereocenters. The zero-order chi connectivity index (χ0) is 23.3. The molecule has 1 N–H and O–H groups in total. The first-order valence-corrected chi connectivity index (χ1v) is 12.8. The molecule has 1 fully saturated rings. The maximum atomic E-state index is 13.5. The summed E-state index contributed by atoms with van der Waals surface area (Å²) in [7, 11) is -3.84. The number of nitrogens with zero attached hydrogens (tertiary/aromatic N) is 2. The molecule has 1 heterocycles. The molecular formula is C26H30N2O4S. The summed E-state index contributed by atoms with van der Waals surface area (Å²) in [4.78, 5) is 2.38. The Labute approximate surface area is 196 Å². The minimum absolute atomic E-state index is 0.0943. The number of sulfonamides is 1. The first-order chi connectivity index (χ1) is 15.9. The molecule has 0 bridgehead atoms. The minimum atomic E-state index is -3.84. The number of ether oxygens (including phenoxy) is 1. The van der Waals surface area contributed by atoms with Crippen molar-refractivity contribution in [2.24, 2.45) is 0 Å². The average molecular weight is 467 g/mol. The van der Waals surface area contributed by atoms with Crippen LogP contribution in [0.1, 0.15) is 24.0 Å². The zero-order valence-electron chi connectivity index (χ0n) is 18.9. The molecule has 3 aromatic carbocycles. The van der Waals surface area contributed by atoms with Gasteiger partial charge in [0.2, 0.25) is 10.0 Å². The van der Waals surface area contributed by atoms with Crippen LogP contribution in [-0.2, 0) is 15.8 Å². The molecule has 0 atom stereocenters. The van der Waals surface area contributed by atoms with E-state index in [1.54, 1.807) is 48.5 Å². The van der Waals surface area contributed by atoms with Crippen molar-refractivity contribution < 1.29 is 18.3 Å². The van der Waals surface area contributed by atoms with Crippen LogP contribution < -0.4 is 9.04 Å². The number of hydrogen-bond acceptors (Lipinski definition) is 5. The van der Waals surface area contributed by atoms with Crippen molar-refractivity contribution in [2.45, 2.75) is 25.5 Å². The molecule has 0 saturated carbocycles. The summed E-state index contributed by atoms with van der Waals surface area (Å²) in [6.45, 7) is 5.58. The Hall–Kier alpha value is -3.03. The van der Waals surface area contributed by atoms with Gasteiger partial charge in [-0.1, -0.05) is 36.4 Å². The molecule has 33 heavy (non-hydrogen) atoms. The Morgan fingerprint density at radius 1 is 0.970 bits per heavy atom. The summed E-state index contributed by atoms with van der Waals surface area (Å²) in [6, 6.07) is 21.0. The number of aromatic hydroxyl groups is 1. The van der Waals surface area contributed by atoms with E-state index in [1.165, 1.54) is 23.2 Å². The second-order valence-corrected chi connectivity index (χ2v) is 10.2. The van der Waals surface area contributed by atoms with E-state index in [-0.39, 0.29) is 17.2 Å². The van der Waals surface area contributed by atoms with Gasteiger partial charge in [-0.15, -0.1) is 0 Å². The lowest BCUT2D eigenvalue weighted by atomic mass is 10.2. The number of anilines is 2. The Morgan fingerprint density at radius 3 is 2.36 bits per heavy atom. The van der Waals surface area contributed by atoms with E-state index in [4.69, 9.17) is 4.74 Å². The summed E-state index contributed by atoms with van der Waals surface area (Å²) < 4.78 is 34.2. The molecule has 1 aliphatic heterocycles. The predicted molar refractivity (Wildman–Crippen MR) is 132 cm³/mol. The van der Waals surface area contributed by atoms with Gasteiger partial charge in [-0.05, 0) is 80.4 Å². The highest BCUT2D eigenvalue weighted by Gasteiger charge is 2.27.